The molecule has 0 unspecified atom stereocenters. The number of carboxylic acids is 1. The van der Waals surface area contributed by atoms with Crippen LogP contribution in [0.5, 0.6) is 0 Å². The van der Waals surface area contributed by atoms with Crippen molar-refractivity contribution in [3.05, 3.63) is 17.5 Å². The predicted molar refractivity (Wildman–Crippen MR) is 71.1 cm³/mol. The topological polar surface area (TPSA) is 84.2 Å². The molecule has 0 aliphatic rings. The Hall–Kier alpha value is -1.85. The molecule has 1 aromatic rings. The van der Waals surface area contributed by atoms with E-state index in [1.54, 1.807) is 17.8 Å². The monoisotopic (exact) mass is 267 g/mol. The quantitative estimate of drug-likeness (QED) is 0.700. The fourth-order valence-corrected chi connectivity index (χ4v) is 1.71. The molecule has 1 amide bonds. The second-order valence-corrected chi connectivity index (χ2v) is 4.50. The fourth-order valence-electron chi connectivity index (χ4n) is 1.71. The third-order valence-electron chi connectivity index (χ3n) is 2.78. The Kier molecular flexibility index (Phi) is 6.05. The van der Waals surface area contributed by atoms with Crippen molar-refractivity contribution in [2.75, 3.05) is 6.54 Å². The van der Waals surface area contributed by atoms with Crippen molar-refractivity contribution in [2.45, 2.75) is 46.1 Å². The number of nitrogens with one attached hydrogen (secondary N) is 1. The summed E-state index contributed by atoms with van der Waals surface area (Å²) in [7, 11) is 0. The van der Waals surface area contributed by atoms with E-state index in [2.05, 4.69) is 17.3 Å². The molecule has 0 saturated carbocycles. The van der Waals surface area contributed by atoms with E-state index >= 15 is 0 Å². The summed E-state index contributed by atoms with van der Waals surface area (Å²) >= 11 is 0. The van der Waals surface area contributed by atoms with Crippen LogP contribution in [0.1, 0.15) is 48.7 Å². The number of rotatable bonds is 8. The van der Waals surface area contributed by atoms with Gasteiger partial charge in [0.05, 0.1) is 11.3 Å². The van der Waals surface area contributed by atoms with Crippen LogP contribution in [0.4, 0.5) is 0 Å². The SMILES string of the molecule is CCCCn1cc(C(=O)NCCCC(=O)O)c(C)n1. The lowest BCUT2D eigenvalue weighted by atomic mass is 10.2. The highest BCUT2D eigenvalue weighted by molar-refractivity contribution is 5.94. The minimum atomic E-state index is -0.849. The number of hydrogen-bond acceptors (Lipinski definition) is 3. The van der Waals surface area contributed by atoms with E-state index in [9.17, 15) is 9.59 Å². The van der Waals surface area contributed by atoms with Gasteiger partial charge in [-0.25, -0.2) is 0 Å². The van der Waals surface area contributed by atoms with Gasteiger partial charge in [-0.15, -0.1) is 0 Å². The van der Waals surface area contributed by atoms with Crippen molar-refractivity contribution in [2.24, 2.45) is 0 Å². The summed E-state index contributed by atoms with van der Waals surface area (Å²) in [5.74, 6) is -1.04. The summed E-state index contributed by atoms with van der Waals surface area (Å²) in [5.41, 5.74) is 1.26. The van der Waals surface area contributed by atoms with Crippen LogP contribution in [0.3, 0.4) is 0 Å². The first kappa shape index (κ1) is 15.2. The molecule has 0 atom stereocenters. The van der Waals surface area contributed by atoms with E-state index in [-0.39, 0.29) is 12.3 Å². The number of carbonyl (C=O) groups excluding carboxylic acids is 1. The normalized spacial score (nSPS) is 10.4. The Morgan fingerprint density at radius 3 is 2.79 bits per heavy atom. The van der Waals surface area contributed by atoms with Crippen LogP contribution in [0.15, 0.2) is 6.20 Å². The minimum absolute atomic E-state index is 0.0645. The maximum absolute atomic E-state index is 11.9. The number of aryl methyl sites for hydroxylation is 2. The van der Waals surface area contributed by atoms with Gasteiger partial charge in [0, 0.05) is 25.7 Å². The third-order valence-corrected chi connectivity index (χ3v) is 2.78. The van der Waals surface area contributed by atoms with Crippen LogP contribution < -0.4 is 5.32 Å². The van der Waals surface area contributed by atoms with Crippen LogP contribution in [0.25, 0.3) is 0 Å². The number of unbranched alkanes of at least 4 members (excludes halogenated alkanes) is 1. The number of aliphatic carboxylic acids is 1. The van der Waals surface area contributed by atoms with E-state index < -0.39 is 5.97 Å². The third kappa shape index (κ3) is 5.11. The lowest BCUT2D eigenvalue weighted by molar-refractivity contribution is -0.137. The first-order valence-electron chi connectivity index (χ1n) is 6.58. The molecule has 0 saturated heterocycles. The van der Waals surface area contributed by atoms with Gasteiger partial charge in [-0.3, -0.25) is 14.3 Å². The van der Waals surface area contributed by atoms with Gasteiger partial charge in [0.2, 0.25) is 0 Å². The first-order valence-corrected chi connectivity index (χ1v) is 6.58. The van der Waals surface area contributed by atoms with Gasteiger partial charge >= 0.3 is 5.97 Å². The molecule has 0 aliphatic heterocycles. The Balaban J connectivity index is 2.47. The lowest BCUT2D eigenvalue weighted by Gasteiger charge is -2.02. The molecule has 2 N–H and O–H groups in total. The predicted octanol–water partition coefficient (Wildman–Crippen LogP) is 1.59. The minimum Gasteiger partial charge on any atom is -0.481 e. The molecular formula is C13H21N3O3. The van der Waals surface area contributed by atoms with Crippen LogP contribution in [-0.4, -0.2) is 33.3 Å². The van der Waals surface area contributed by atoms with Crippen LogP contribution >= 0.6 is 0 Å². The summed E-state index contributed by atoms with van der Waals surface area (Å²) in [5, 5.41) is 15.5. The van der Waals surface area contributed by atoms with E-state index in [0.717, 1.165) is 19.4 Å². The molecule has 6 nitrogen and oxygen atoms in total. The molecule has 0 bridgehead atoms. The molecule has 0 radical (unpaired) electrons. The fraction of sp³-hybridized carbons (Fsp3) is 0.615. The van der Waals surface area contributed by atoms with E-state index in [1.165, 1.54) is 0 Å². The number of carbonyl (C=O) groups is 2. The molecular weight excluding hydrogens is 246 g/mol. The van der Waals surface area contributed by atoms with Gasteiger partial charge in [-0.1, -0.05) is 13.3 Å². The van der Waals surface area contributed by atoms with Crippen molar-refractivity contribution in [3.63, 3.8) is 0 Å². The number of amides is 1. The van der Waals surface area contributed by atoms with E-state index in [1.807, 2.05) is 0 Å². The molecule has 0 spiro atoms. The summed E-state index contributed by atoms with van der Waals surface area (Å²) in [6.07, 6.45) is 4.35. The zero-order valence-corrected chi connectivity index (χ0v) is 11.5. The second kappa shape index (κ2) is 7.56. The average molecular weight is 267 g/mol. The smallest absolute Gasteiger partial charge is 0.303 e. The van der Waals surface area contributed by atoms with Crippen molar-refractivity contribution in [3.8, 4) is 0 Å². The number of carboxylic acid groups (broad SMARTS) is 1. The molecule has 0 aromatic carbocycles. The van der Waals surface area contributed by atoms with Crippen molar-refractivity contribution < 1.29 is 14.7 Å². The zero-order valence-electron chi connectivity index (χ0n) is 11.5. The summed E-state index contributed by atoms with van der Waals surface area (Å²) in [6, 6.07) is 0. The standard InChI is InChI=1S/C13H21N3O3/c1-3-4-8-16-9-11(10(2)15-16)13(19)14-7-5-6-12(17)18/h9H,3-8H2,1-2H3,(H,14,19)(H,17,18). The van der Waals surface area contributed by atoms with Gasteiger partial charge in [0.25, 0.3) is 5.91 Å². The summed E-state index contributed by atoms with van der Waals surface area (Å²) < 4.78 is 1.78. The van der Waals surface area contributed by atoms with Gasteiger partial charge in [0.15, 0.2) is 0 Å². The molecule has 1 heterocycles. The molecule has 1 aromatic heterocycles. The molecule has 0 fully saturated rings. The van der Waals surface area contributed by atoms with E-state index in [4.69, 9.17) is 5.11 Å². The number of hydrogen-bond donors (Lipinski definition) is 2. The van der Waals surface area contributed by atoms with E-state index in [0.29, 0.717) is 24.2 Å². The highest BCUT2D eigenvalue weighted by Gasteiger charge is 2.12. The Morgan fingerprint density at radius 1 is 1.42 bits per heavy atom. The van der Waals surface area contributed by atoms with Gasteiger partial charge < -0.3 is 10.4 Å². The zero-order chi connectivity index (χ0) is 14.3. The average Bonchev–Trinajstić information content (AvgIpc) is 2.73. The lowest BCUT2D eigenvalue weighted by Crippen LogP contribution is -2.25. The molecule has 0 aliphatic carbocycles. The van der Waals surface area contributed by atoms with Gasteiger partial charge in [-0.05, 0) is 19.8 Å². The summed E-state index contributed by atoms with van der Waals surface area (Å²) in [4.78, 5) is 22.2. The highest BCUT2D eigenvalue weighted by Crippen LogP contribution is 2.06. The van der Waals surface area contributed by atoms with Crippen LogP contribution in [-0.2, 0) is 11.3 Å². The molecule has 19 heavy (non-hydrogen) atoms. The van der Waals surface area contributed by atoms with Crippen molar-refractivity contribution in [1.82, 2.24) is 15.1 Å². The Bertz CT molecular complexity index is 440. The Morgan fingerprint density at radius 2 is 2.16 bits per heavy atom. The number of nitrogens with zero attached hydrogens (tertiary/aromatic N) is 2. The van der Waals surface area contributed by atoms with Crippen LogP contribution in [0.2, 0.25) is 0 Å². The first-order chi connectivity index (χ1) is 9.04. The summed E-state index contributed by atoms with van der Waals surface area (Å²) in [6.45, 7) is 5.08. The second-order valence-electron chi connectivity index (χ2n) is 4.50. The maximum atomic E-state index is 11.9. The van der Waals surface area contributed by atoms with Gasteiger partial charge in [-0.2, -0.15) is 5.10 Å². The van der Waals surface area contributed by atoms with Crippen molar-refractivity contribution in [1.29, 1.82) is 0 Å². The Labute approximate surface area is 112 Å². The maximum Gasteiger partial charge on any atom is 0.303 e. The molecule has 6 heteroatoms. The largest absolute Gasteiger partial charge is 0.481 e. The molecule has 106 valence electrons. The number of aromatic nitrogens is 2. The van der Waals surface area contributed by atoms with Gasteiger partial charge in [0.1, 0.15) is 0 Å². The highest BCUT2D eigenvalue weighted by atomic mass is 16.4. The van der Waals surface area contributed by atoms with Crippen LogP contribution in [0, 0.1) is 6.92 Å². The molecule has 1 rings (SSSR count). The van der Waals surface area contributed by atoms with Crippen molar-refractivity contribution >= 4 is 11.9 Å².